The molecule has 1 aromatic heterocycles. The Kier molecular flexibility index (Phi) is 5.20. The van der Waals surface area contributed by atoms with Gasteiger partial charge in [0.05, 0.1) is 11.1 Å². The van der Waals surface area contributed by atoms with Gasteiger partial charge in [-0.2, -0.15) is 5.10 Å². The van der Waals surface area contributed by atoms with E-state index in [1.54, 1.807) is 6.20 Å². The van der Waals surface area contributed by atoms with Crippen molar-refractivity contribution in [3.05, 3.63) is 45.8 Å². The molecule has 24 heavy (non-hydrogen) atoms. The number of aryl methyl sites for hydroxylation is 3. The molecule has 0 spiro atoms. The number of rotatable bonds is 5. The number of hydrogen-bond acceptors (Lipinski definition) is 3. The summed E-state index contributed by atoms with van der Waals surface area (Å²) in [5.74, 6) is 0. The second kappa shape index (κ2) is 6.69. The minimum atomic E-state index is -3.62. The fraction of sp³-hybridized carbons (Fsp3) is 0.500. The van der Waals surface area contributed by atoms with E-state index in [0.29, 0.717) is 4.90 Å². The lowest BCUT2D eigenvalue weighted by Crippen LogP contribution is -2.29. The molecule has 0 radical (unpaired) electrons. The number of nitrogens with zero attached hydrogens (tertiary/aromatic N) is 2. The van der Waals surface area contributed by atoms with Crippen LogP contribution in [0.4, 0.5) is 0 Å². The van der Waals surface area contributed by atoms with Crippen LogP contribution in [0.25, 0.3) is 0 Å². The van der Waals surface area contributed by atoms with Crippen LogP contribution in [0.2, 0.25) is 0 Å². The van der Waals surface area contributed by atoms with Gasteiger partial charge in [-0.25, -0.2) is 13.1 Å². The van der Waals surface area contributed by atoms with Gasteiger partial charge in [-0.1, -0.05) is 6.07 Å². The van der Waals surface area contributed by atoms with Gasteiger partial charge in [0.15, 0.2) is 0 Å². The van der Waals surface area contributed by atoms with Crippen LogP contribution >= 0.6 is 0 Å². The highest BCUT2D eigenvalue weighted by Crippen LogP contribution is 2.28. The molecule has 5 nitrogen and oxygen atoms in total. The average molecular weight is 350 g/mol. The van der Waals surface area contributed by atoms with E-state index in [4.69, 9.17) is 0 Å². The summed E-state index contributed by atoms with van der Waals surface area (Å²) in [6.45, 7) is 14.2. The molecule has 1 aromatic carbocycles. The summed E-state index contributed by atoms with van der Waals surface area (Å²) < 4.78 is 30.7. The van der Waals surface area contributed by atoms with Crippen molar-refractivity contribution in [1.29, 1.82) is 0 Å². The van der Waals surface area contributed by atoms with Crippen LogP contribution in [0.15, 0.2) is 17.2 Å². The topological polar surface area (TPSA) is 64.0 Å². The Bertz CT molecular complexity index is 841. The predicted octanol–water partition coefficient (Wildman–Crippen LogP) is 3.48. The zero-order valence-corrected chi connectivity index (χ0v) is 16.4. The predicted molar refractivity (Wildman–Crippen MR) is 96.8 cm³/mol. The minimum Gasteiger partial charge on any atom is -0.270 e. The molecular formula is C18H27N3O2S. The first-order valence-electron chi connectivity index (χ1n) is 8.22. The van der Waals surface area contributed by atoms with Crippen LogP contribution < -0.4 is 4.72 Å². The first-order valence-corrected chi connectivity index (χ1v) is 9.70. The highest BCUT2D eigenvalue weighted by atomic mass is 32.2. The molecule has 0 bridgehead atoms. The van der Waals surface area contributed by atoms with E-state index in [1.165, 1.54) is 0 Å². The summed E-state index contributed by atoms with van der Waals surface area (Å²) in [4.78, 5) is 0.396. The second-order valence-electron chi connectivity index (χ2n) is 6.43. The molecule has 1 unspecified atom stereocenters. The molecule has 0 aliphatic carbocycles. The fourth-order valence-electron chi connectivity index (χ4n) is 3.14. The molecule has 132 valence electrons. The Morgan fingerprint density at radius 1 is 1.12 bits per heavy atom. The van der Waals surface area contributed by atoms with Crippen molar-refractivity contribution in [2.45, 2.75) is 65.9 Å². The van der Waals surface area contributed by atoms with E-state index >= 15 is 0 Å². The molecule has 1 N–H and O–H groups in total. The lowest BCUT2D eigenvalue weighted by Gasteiger charge is -2.19. The van der Waals surface area contributed by atoms with E-state index in [-0.39, 0.29) is 6.04 Å². The second-order valence-corrected chi connectivity index (χ2v) is 8.08. The highest BCUT2D eigenvalue weighted by molar-refractivity contribution is 7.89. The smallest absolute Gasteiger partial charge is 0.241 e. The Balaban J connectivity index is 2.44. The Morgan fingerprint density at radius 3 is 2.12 bits per heavy atom. The molecule has 1 atom stereocenters. The van der Waals surface area contributed by atoms with Gasteiger partial charge in [-0.3, -0.25) is 4.68 Å². The average Bonchev–Trinajstić information content (AvgIpc) is 2.85. The van der Waals surface area contributed by atoms with Crippen LogP contribution in [0.3, 0.4) is 0 Å². The quantitative estimate of drug-likeness (QED) is 0.899. The van der Waals surface area contributed by atoms with E-state index in [0.717, 1.165) is 40.1 Å². The van der Waals surface area contributed by atoms with Gasteiger partial charge in [0.2, 0.25) is 10.0 Å². The van der Waals surface area contributed by atoms with Crippen molar-refractivity contribution in [2.24, 2.45) is 0 Å². The summed E-state index contributed by atoms with van der Waals surface area (Å²) in [6, 6.07) is 1.69. The molecule has 0 saturated heterocycles. The van der Waals surface area contributed by atoms with Gasteiger partial charge in [0, 0.05) is 23.8 Å². The maximum absolute atomic E-state index is 13.0. The van der Waals surface area contributed by atoms with Crippen molar-refractivity contribution < 1.29 is 8.42 Å². The monoisotopic (exact) mass is 349 g/mol. The molecule has 2 rings (SSSR count). The van der Waals surface area contributed by atoms with Crippen molar-refractivity contribution in [3.8, 4) is 0 Å². The maximum Gasteiger partial charge on any atom is 0.241 e. The van der Waals surface area contributed by atoms with E-state index in [2.05, 4.69) is 9.82 Å². The van der Waals surface area contributed by atoms with Gasteiger partial charge in [-0.05, 0) is 70.7 Å². The standard InChI is InChI=1S/C18H27N3O2S/c1-8-21-16(7)17(10-19-21)15(6)20-24(22,23)18-13(4)11(2)9-12(3)14(18)5/h9-10,15,20H,8H2,1-7H3. The zero-order valence-electron chi connectivity index (χ0n) is 15.6. The summed E-state index contributed by atoms with van der Waals surface area (Å²) >= 11 is 0. The number of aromatic nitrogens is 2. The highest BCUT2D eigenvalue weighted by Gasteiger charge is 2.25. The first-order chi connectivity index (χ1) is 11.1. The minimum absolute atomic E-state index is 0.338. The molecule has 0 aliphatic rings. The van der Waals surface area contributed by atoms with Gasteiger partial charge in [-0.15, -0.1) is 0 Å². The number of nitrogens with one attached hydrogen (secondary N) is 1. The van der Waals surface area contributed by atoms with Crippen LogP contribution in [0.5, 0.6) is 0 Å². The summed E-state index contributed by atoms with van der Waals surface area (Å²) in [6.07, 6.45) is 1.74. The van der Waals surface area contributed by atoms with E-state index in [1.807, 2.05) is 59.2 Å². The van der Waals surface area contributed by atoms with Gasteiger partial charge >= 0.3 is 0 Å². The molecule has 6 heteroatoms. The van der Waals surface area contributed by atoms with Crippen molar-refractivity contribution in [3.63, 3.8) is 0 Å². The van der Waals surface area contributed by atoms with Crippen LogP contribution in [-0.4, -0.2) is 18.2 Å². The fourth-order valence-corrected chi connectivity index (χ4v) is 4.98. The SMILES string of the molecule is CCn1ncc(C(C)NS(=O)(=O)c2c(C)c(C)cc(C)c2C)c1C. The maximum atomic E-state index is 13.0. The van der Waals surface area contributed by atoms with E-state index < -0.39 is 10.0 Å². The van der Waals surface area contributed by atoms with Gasteiger partial charge < -0.3 is 0 Å². The third kappa shape index (κ3) is 3.26. The molecule has 2 aromatic rings. The number of benzene rings is 1. The zero-order chi connectivity index (χ0) is 18.2. The van der Waals surface area contributed by atoms with Crippen LogP contribution in [0, 0.1) is 34.6 Å². The molecule has 0 aliphatic heterocycles. The first kappa shape index (κ1) is 18.7. The molecule has 0 fully saturated rings. The number of sulfonamides is 1. The summed E-state index contributed by atoms with van der Waals surface area (Å²) in [5, 5.41) is 4.30. The lowest BCUT2D eigenvalue weighted by atomic mass is 10.0. The van der Waals surface area contributed by atoms with Crippen molar-refractivity contribution in [1.82, 2.24) is 14.5 Å². The van der Waals surface area contributed by atoms with Crippen molar-refractivity contribution >= 4 is 10.0 Å². The van der Waals surface area contributed by atoms with Crippen molar-refractivity contribution in [2.75, 3.05) is 0 Å². The van der Waals surface area contributed by atoms with Gasteiger partial charge in [0.1, 0.15) is 0 Å². The normalized spacial score (nSPS) is 13.3. The molecule has 0 saturated carbocycles. The summed E-state index contributed by atoms with van der Waals surface area (Å²) in [5.41, 5.74) is 5.47. The van der Waals surface area contributed by atoms with Crippen LogP contribution in [-0.2, 0) is 16.6 Å². The largest absolute Gasteiger partial charge is 0.270 e. The van der Waals surface area contributed by atoms with Gasteiger partial charge in [0.25, 0.3) is 0 Å². The molecule has 0 amide bonds. The number of hydrogen-bond donors (Lipinski definition) is 1. The summed E-state index contributed by atoms with van der Waals surface area (Å²) in [7, 11) is -3.62. The Labute approximate surface area is 145 Å². The third-order valence-corrected chi connectivity index (χ3v) is 6.62. The third-order valence-electron chi connectivity index (χ3n) is 4.81. The lowest BCUT2D eigenvalue weighted by molar-refractivity contribution is 0.564. The van der Waals surface area contributed by atoms with E-state index in [9.17, 15) is 8.42 Å². The van der Waals surface area contributed by atoms with Crippen LogP contribution in [0.1, 0.15) is 53.4 Å². The Hall–Kier alpha value is -1.66. The molecular weight excluding hydrogens is 322 g/mol. The molecule has 1 heterocycles. The Morgan fingerprint density at radius 2 is 1.67 bits per heavy atom.